The fourth-order valence-corrected chi connectivity index (χ4v) is 4.84. The molecule has 2 heterocycles. The lowest BCUT2D eigenvalue weighted by molar-refractivity contribution is 0.0943. The molecule has 1 aliphatic carbocycles. The van der Waals surface area contributed by atoms with E-state index in [4.69, 9.17) is 4.74 Å². The lowest BCUT2D eigenvalue weighted by Crippen LogP contribution is -2.36. The van der Waals surface area contributed by atoms with E-state index in [0.717, 1.165) is 23.9 Å². The lowest BCUT2D eigenvalue weighted by Gasteiger charge is -2.33. The first-order valence-corrected chi connectivity index (χ1v) is 10.3. The highest BCUT2D eigenvalue weighted by molar-refractivity contribution is 7.94. The van der Waals surface area contributed by atoms with Gasteiger partial charge in [0, 0.05) is 12.2 Å². The number of hydrogen-bond acceptors (Lipinski definition) is 5. The minimum atomic E-state index is -3.21. The minimum Gasteiger partial charge on any atom is -0.480 e. The van der Waals surface area contributed by atoms with Crippen LogP contribution in [-0.4, -0.2) is 38.2 Å². The third kappa shape index (κ3) is 3.86. The summed E-state index contributed by atoms with van der Waals surface area (Å²) in [5.41, 5.74) is 1.29. The zero-order valence-electron chi connectivity index (χ0n) is 14.6. The van der Waals surface area contributed by atoms with E-state index in [-0.39, 0.29) is 24.4 Å². The van der Waals surface area contributed by atoms with Crippen molar-refractivity contribution in [2.45, 2.75) is 50.5 Å². The van der Waals surface area contributed by atoms with Gasteiger partial charge in [-0.05, 0) is 31.1 Å². The predicted octanol–water partition coefficient (Wildman–Crippen LogP) is 2.60. The van der Waals surface area contributed by atoms with Crippen LogP contribution in [0.5, 0.6) is 5.88 Å². The van der Waals surface area contributed by atoms with Gasteiger partial charge in [-0.3, -0.25) is 4.79 Å². The van der Waals surface area contributed by atoms with E-state index in [1.807, 2.05) is 6.07 Å². The van der Waals surface area contributed by atoms with Gasteiger partial charge < -0.3 is 10.1 Å². The molecule has 3 rings (SSSR count). The maximum atomic E-state index is 12.5. The number of pyridine rings is 1. The molecule has 1 atom stereocenters. The second-order valence-corrected chi connectivity index (χ2v) is 9.04. The van der Waals surface area contributed by atoms with E-state index >= 15 is 0 Å². The van der Waals surface area contributed by atoms with Crippen molar-refractivity contribution in [1.82, 2.24) is 10.3 Å². The molecule has 7 heteroatoms. The van der Waals surface area contributed by atoms with Gasteiger partial charge >= 0.3 is 0 Å². The Morgan fingerprint density at radius 3 is 2.64 bits per heavy atom. The van der Waals surface area contributed by atoms with Gasteiger partial charge in [-0.2, -0.15) is 0 Å². The molecule has 6 nitrogen and oxygen atoms in total. The van der Waals surface area contributed by atoms with Gasteiger partial charge in [-0.15, -0.1) is 0 Å². The predicted molar refractivity (Wildman–Crippen MR) is 97.5 cm³/mol. The maximum Gasteiger partial charge on any atom is 0.257 e. The number of rotatable bonds is 4. The SMILES string of the molecule is COc1nc(C2(C)CCCCC2)ccc1C(=O)N[C@@H]1C=CS(=O)(=O)C1.[HH]. The van der Waals surface area contributed by atoms with Crippen molar-refractivity contribution in [1.29, 1.82) is 0 Å². The smallest absolute Gasteiger partial charge is 0.257 e. The van der Waals surface area contributed by atoms with Gasteiger partial charge in [0.05, 0.1) is 24.6 Å². The molecule has 1 aromatic rings. The maximum absolute atomic E-state index is 12.5. The summed E-state index contributed by atoms with van der Waals surface area (Å²) in [5.74, 6) is -0.201. The highest BCUT2D eigenvalue weighted by atomic mass is 32.2. The van der Waals surface area contributed by atoms with E-state index in [0.29, 0.717) is 5.56 Å². The molecule has 1 aliphatic heterocycles. The molecule has 1 amide bonds. The Morgan fingerprint density at radius 1 is 1.32 bits per heavy atom. The second-order valence-electron chi connectivity index (χ2n) is 7.11. The minimum absolute atomic E-state index is 0. The molecule has 1 fully saturated rings. The van der Waals surface area contributed by atoms with Crippen molar-refractivity contribution >= 4 is 15.7 Å². The van der Waals surface area contributed by atoms with Crippen LogP contribution >= 0.6 is 0 Å². The van der Waals surface area contributed by atoms with E-state index in [1.54, 1.807) is 6.07 Å². The third-order valence-electron chi connectivity index (χ3n) is 5.12. The Morgan fingerprint density at radius 2 is 2.04 bits per heavy atom. The van der Waals surface area contributed by atoms with E-state index in [9.17, 15) is 13.2 Å². The molecule has 0 spiro atoms. The molecular weight excluding hydrogens is 340 g/mol. The highest BCUT2D eigenvalue weighted by Crippen LogP contribution is 2.38. The van der Waals surface area contributed by atoms with Crippen LogP contribution in [0.3, 0.4) is 0 Å². The summed E-state index contributed by atoms with van der Waals surface area (Å²) in [6.07, 6.45) is 7.28. The standard InChI is InChI=1S/C18H24N2O4S.H2/c1-18(9-4-3-5-10-18)15-7-6-14(17(20-15)24-2)16(21)19-13-8-11-25(22,23)12-13;/h6-8,11,13H,3-5,9-10,12H2,1-2H3,(H,19,21);1H/t13-;/m1./s1. The molecule has 1 N–H and O–H groups in total. The summed E-state index contributed by atoms with van der Waals surface area (Å²) in [6.45, 7) is 2.21. The van der Waals surface area contributed by atoms with E-state index < -0.39 is 15.9 Å². The summed E-state index contributed by atoms with van der Waals surface area (Å²) in [7, 11) is -1.72. The first kappa shape index (κ1) is 17.9. The summed E-state index contributed by atoms with van der Waals surface area (Å²) >= 11 is 0. The first-order chi connectivity index (χ1) is 11.8. The van der Waals surface area contributed by atoms with Crippen molar-refractivity contribution < 1.29 is 19.4 Å². The first-order valence-electron chi connectivity index (χ1n) is 8.60. The number of amides is 1. The number of sulfone groups is 1. The molecule has 138 valence electrons. The van der Waals surface area contributed by atoms with Gasteiger partial charge in [0.15, 0.2) is 9.84 Å². The number of carbonyl (C=O) groups is 1. The zero-order chi connectivity index (χ0) is 18.1. The molecule has 0 unspecified atom stereocenters. The van der Waals surface area contributed by atoms with Crippen LogP contribution in [0.25, 0.3) is 0 Å². The van der Waals surface area contributed by atoms with Crippen molar-refractivity contribution in [2.75, 3.05) is 12.9 Å². The molecule has 2 aliphatic rings. The second kappa shape index (κ2) is 6.78. The van der Waals surface area contributed by atoms with Crippen LogP contribution in [0.15, 0.2) is 23.6 Å². The van der Waals surface area contributed by atoms with Crippen molar-refractivity contribution in [3.63, 3.8) is 0 Å². The largest absolute Gasteiger partial charge is 0.480 e. The number of aromatic nitrogens is 1. The normalized spacial score (nSPS) is 24.0. The number of nitrogens with zero attached hydrogens (tertiary/aromatic N) is 1. The van der Waals surface area contributed by atoms with Crippen molar-refractivity contribution in [3.05, 3.63) is 34.9 Å². The monoisotopic (exact) mass is 366 g/mol. The van der Waals surface area contributed by atoms with E-state index in [2.05, 4.69) is 17.2 Å². The molecule has 1 saturated carbocycles. The van der Waals surface area contributed by atoms with Gasteiger partial charge in [-0.25, -0.2) is 13.4 Å². The van der Waals surface area contributed by atoms with Gasteiger partial charge in [0.1, 0.15) is 5.56 Å². The topological polar surface area (TPSA) is 85.4 Å². The summed E-state index contributed by atoms with van der Waals surface area (Å²) in [6, 6.07) is 3.10. The Bertz CT molecular complexity index is 801. The number of methoxy groups -OCH3 is 1. The quantitative estimate of drug-likeness (QED) is 0.885. The van der Waals surface area contributed by atoms with Crippen molar-refractivity contribution in [3.8, 4) is 5.88 Å². The average molecular weight is 366 g/mol. The van der Waals surface area contributed by atoms with Crippen LogP contribution in [0.2, 0.25) is 0 Å². The van der Waals surface area contributed by atoms with Crippen LogP contribution in [-0.2, 0) is 15.3 Å². The summed E-state index contributed by atoms with van der Waals surface area (Å²) in [4.78, 5) is 17.1. The van der Waals surface area contributed by atoms with Crippen molar-refractivity contribution in [2.24, 2.45) is 0 Å². The molecule has 0 aromatic carbocycles. The average Bonchev–Trinajstić information content (AvgIpc) is 2.93. The Hall–Kier alpha value is -1.89. The van der Waals surface area contributed by atoms with Crippen LogP contribution in [0.4, 0.5) is 0 Å². The molecule has 0 bridgehead atoms. The van der Waals surface area contributed by atoms with Crippen LogP contribution in [0.1, 0.15) is 56.5 Å². The fraction of sp³-hybridized carbons (Fsp3) is 0.556. The number of ether oxygens (including phenoxy) is 1. The fourth-order valence-electron chi connectivity index (χ4n) is 3.61. The third-order valence-corrected chi connectivity index (χ3v) is 6.52. The van der Waals surface area contributed by atoms with Crippen LogP contribution < -0.4 is 10.1 Å². The van der Waals surface area contributed by atoms with E-state index in [1.165, 1.54) is 32.4 Å². The molecule has 1 aromatic heterocycles. The Balaban J connectivity index is 0.00000243. The number of nitrogens with one attached hydrogen (secondary N) is 1. The lowest BCUT2D eigenvalue weighted by atomic mass is 9.73. The molecule has 25 heavy (non-hydrogen) atoms. The molecular formula is C18H26N2O4S. The van der Waals surface area contributed by atoms with Gasteiger partial charge in [-0.1, -0.05) is 26.2 Å². The highest BCUT2D eigenvalue weighted by Gasteiger charge is 2.32. The molecule has 0 saturated heterocycles. The van der Waals surface area contributed by atoms with Gasteiger partial charge in [0.25, 0.3) is 5.91 Å². The summed E-state index contributed by atoms with van der Waals surface area (Å²) < 4.78 is 28.3. The molecule has 0 radical (unpaired) electrons. The number of carbonyl (C=O) groups excluding carboxylic acids is 1. The van der Waals surface area contributed by atoms with Crippen LogP contribution in [0, 0.1) is 0 Å². The zero-order valence-corrected chi connectivity index (χ0v) is 15.4. The summed E-state index contributed by atoms with van der Waals surface area (Å²) in [5, 5.41) is 3.85. The van der Waals surface area contributed by atoms with Gasteiger partial charge in [0.2, 0.25) is 5.88 Å². The Kier molecular flexibility index (Phi) is 4.86. The number of hydrogen-bond donors (Lipinski definition) is 1. The Labute approximate surface area is 150 Å².